The van der Waals surface area contributed by atoms with Gasteiger partial charge in [0.2, 0.25) is 0 Å². The van der Waals surface area contributed by atoms with Gasteiger partial charge in [-0.15, -0.1) is 21.5 Å². The van der Waals surface area contributed by atoms with Crippen LogP contribution < -0.4 is 5.32 Å². The Balaban J connectivity index is 1.57. The van der Waals surface area contributed by atoms with Gasteiger partial charge in [-0.05, 0) is 36.2 Å². The Morgan fingerprint density at radius 2 is 2.12 bits per heavy atom. The molecule has 0 saturated heterocycles. The second-order valence-corrected chi connectivity index (χ2v) is 9.70. The van der Waals surface area contributed by atoms with Crippen LogP contribution in [0.3, 0.4) is 0 Å². The molecular formula is C22H21ClN6OS2. The van der Waals surface area contributed by atoms with Crippen molar-refractivity contribution in [1.29, 1.82) is 0 Å². The van der Waals surface area contributed by atoms with E-state index in [0.29, 0.717) is 39.9 Å². The number of hydrogen-bond acceptors (Lipinski definition) is 7. The van der Waals surface area contributed by atoms with E-state index in [1.54, 1.807) is 17.8 Å². The van der Waals surface area contributed by atoms with Crippen molar-refractivity contribution in [2.75, 3.05) is 6.54 Å². The van der Waals surface area contributed by atoms with Crippen molar-refractivity contribution in [1.82, 2.24) is 30.0 Å². The van der Waals surface area contributed by atoms with Crippen molar-refractivity contribution >= 4 is 40.6 Å². The molecule has 164 valence electrons. The van der Waals surface area contributed by atoms with Crippen LogP contribution in [0.1, 0.15) is 29.3 Å². The normalized spacial score (nSPS) is 11.1. The first kappa shape index (κ1) is 22.4. The lowest BCUT2D eigenvalue weighted by Crippen LogP contribution is -2.27. The first-order chi connectivity index (χ1) is 15.5. The predicted octanol–water partition coefficient (Wildman–Crippen LogP) is 5.12. The second-order valence-electron chi connectivity index (χ2n) is 7.38. The summed E-state index contributed by atoms with van der Waals surface area (Å²) >= 11 is 9.20. The topological polar surface area (TPSA) is 85.6 Å². The first-order valence-electron chi connectivity index (χ1n) is 9.98. The number of carbonyl (C=O) groups is 1. The molecule has 1 aromatic carbocycles. The number of amides is 1. The second kappa shape index (κ2) is 10.2. The molecule has 3 heterocycles. The number of halogens is 1. The lowest BCUT2D eigenvalue weighted by atomic mass is 10.2. The number of nitrogens with one attached hydrogen (secondary N) is 1. The van der Waals surface area contributed by atoms with E-state index in [2.05, 4.69) is 39.3 Å². The Kier molecular flexibility index (Phi) is 7.19. The standard InChI is InChI=1S/C22H21ClN6OS2/c1-14(2)10-25-21(30)18-12-31-19(26-18)13-32-22-28-27-20(15-5-4-8-24-11-15)29(22)17-7-3-6-16(23)9-17/h3-9,11-12,14H,10,13H2,1-2H3,(H,25,30). The van der Waals surface area contributed by atoms with E-state index in [-0.39, 0.29) is 5.91 Å². The van der Waals surface area contributed by atoms with Gasteiger partial charge in [0.1, 0.15) is 10.7 Å². The molecule has 0 saturated carbocycles. The molecule has 4 aromatic rings. The fourth-order valence-electron chi connectivity index (χ4n) is 2.89. The van der Waals surface area contributed by atoms with Crippen LogP contribution in [0.5, 0.6) is 0 Å². The van der Waals surface area contributed by atoms with Crippen molar-refractivity contribution in [2.24, 2.45) is 5.92 Å². The van der Waals surface area contributed by atoms with Gasteiger partial charge >= 0.3 is 0 Å². The van der Waals surface area contributed by atoms with Crippen molar-refractivity contribution in [3.05, 3.63) is 69.9 Å². The lowest BCUT2D eigenvalue weighted by Gasteiger charge is -2.10. The fourth-order valence-corrected chi connectivity index (χ4v) is 4.82. The Hall–Kier alpha value is -2.75. The summed E-state index contributed by atoms with van der Waals surface area (Å²) in [5.74, 6) is 1.48. The van der Waals surface area contributed by atoms with E-state index in [0.717, 1.165) is 16.3 Å². The summed E-state index contributed by atoms with van der Waals surface area (Å²) in [6, 6.07) is 11.3. The van der Waals surface area contributed by atoms with Gasteiger partial charge in [0, 0.05) is 34.9 Å². The number of pyridine rings is 1. The molecule has 0 aliphatic heterocycles. The van der Waals surface area contributed by atoms with E-state index < -0.39 is 0 Å². The Bertz CT molecular complexity index is 1210. The molecule has 0 aliphatic carbocycles. The maximum atomic E-state index is 12.2. The molecule has 0 fully saturated rings. The van der Waals surface area contributed by atoms with Crippen LogP contribution in [-0.2, 0) is 5.75 Å². The number of aromatic nitrogens is 5. The quantitative estimate of drug-likeness (QED) is 0.349. The van der Waals surface area contributed by atoms with Gasteiger partial charge < -0.3 is 5.32 Å². The summed E-state index contributed by atoms with van der Waals surface area (Å²) in [6.07, 6.45) is 3.47. The largest absolute Gasteiger partial charge is 0.350 e. The Labute approximate surface area is 199 Å². The maximum Gasteiger partial charge on any atom is 0.270 e. The zero-order chi connectivity index (χ0) is 22.5. The van der Waals surface area contributed by atoms with E-state index in [1.165, 1.54) is 23.1 Å². The third-order valence-corrected chi connectivity index (χ3v) is 6.61. The number of carbonyl (C=O) groups excluding carboxylic acids is 1. The molecule has 0 radical (unpaired) electrons. The minimum absolute atomic E-state index is 0.146. The number of rotatable bonds is 8. The van der Waals surface area contributed by atoms with Gasteiger partial charge in [-0.3, -0.25) is 14.3 Å². The smallest absolute Gasteiger partial charge is 0.270 e. The van der Waals surface area contributed by atoms with Crippen molar-refractivity contribution < 1.29 is 4.79 Å². The first-order valence-corrected chi connectivity index (χ1v) is 12.2. The van der Waals surface area contributed by atoms with Crippen LogP contribution in [-0.4, -0.2) is 37.2 Å². The molecule has 0 unspecified atom stereocenters. The number of benzene rings is 1. The van der Waals surface area contributed by atoms with Crippen LogP contribution in [0.2, 0.25) is 5.02 Å². The lowest BCUT2D eigenvalue weighted by molar-refractivity contribution is 0.0944. The number of hydrogen-bond donors (Lipinski definition) is 1. The SMILES string of the molecule is CC(C)CNC(=O)c1csc(CSc2nnc(-c3cccnc3)n2-c2cccc(Cl)c2)n1. The molecule has 32 heavy (non-hydrogen) atoms. The highest BCUT2D eigenvalue weighted by molar-refractivity contribution is 7.98. The summed E-state index contributed by atoms with van der Waals surface area (Å²) in [7, 11) is 0. The summed E-state index contributed by atoms with van der Waals surface area (Å²) in [5, 5.41) is 15.7. The molecule has 1 N–H and O–H groups in total. The number of thioether (sulfide) groups is 1. The highest BCUT2D eigenvalue weighted by atomic mass is 35.5. The van der Waals surface area contributed by atoms with Gasteiger partial charge in [-0.2, -0.15) is 0 Å². The predicted molar refractivity (Wildman–Crippen MR) is 128 cm³/mol. The summed E-state index contributed by atoms with van der Waals surface area (Å²) in [6.45, 7) is 4.73. The summed E-state index contributed by atoms with van der Waals surface area (Å²) in [4.78, 5) is 20.9. The summed E-state index contributed by atoms with van der Waals surface area (Å²) in [5.41, 5.74) is 2.15. The average molecular weight is 485 g/mol. The molecule has 4 rings (SSSR count). The van der Waals surface area contributed by atoms with Crippen molar-refractivity contribution in [2.45, 2.75) is 24.8 Å². The molecule has 0 spiro atoms. The highest BCUT2D eigenvalue weighted by Crippen LogP contribution is 2.31. The van der Waals surface area contributed by atoms with E-state index in [9.17, 15) is 4.79 Å². The Morgan fingerprint density at radius 1 is 1.25 bits per heavy atom. The minimum Gasteiger partial charge on any atom is -0.350 e. The van der Waals surface area contributed by atoms with E-state index in [4.69, 9.17) is 11.6 Å². The fraction of sp³-hybridized carbons (Fsp3) is 0.227. The molecule has 10 heteroatoms. The molecular weight excluding hydrogens is 464 g/mol. The molecule has 0 atom stereocenters. The van der Waals surface area contributed by atoms with Crippen LogP contribution in [0.25, 0.3) is 17.1 Å². The molecule has 7 nitrogen and oxygen atoms in total. The van der Waals surface area contributed by atoms with E-state index >= 15 is 0 Å². The highest BCUT2D eigenvalue weighted by Gasteiger charge is 2.18. The zero-order valence-electron chi connectivity index (χ0n) is 17.5. The molecule has 0 bridgehead atoms. The van der Waals surface area contributed by atoms with Gasteiger partial charge in [0.25, 0.3) is 5.91 Å². The third kappa shape index (κ3) is 5.35. The van der Waals surface area contributed by atoms with E-state index in [1.807, 2.05) is 41.0 Å². The summed E-state index contributed by atoms with van der Waals surface area (Å²) < 4.78 is 1.96. The van der Waals surface area contributed by atoms with Gasteiger partial charge in [-0.25, -0.2) is 4.98 Å². The zero-order valence-corrected chi connectivity index (χ0v) is 19.9. The van der Waals surface area contributed by atoms with Crippen LogP contribution in [0.15, 0.2) is 59.3 Å². The van der Waals surface area contributed by atoms with Crippen LogP contribution >= 0.6 is 34.7 Å². The van der Waals surface area contributed by atoms with Crippen LogP contribution in [0, 0.1) is 5.92 Å². The van der Waals surface area contributed by atoms with Gasteiger partial charge in [0.05, 0.1) is 11.4 Å². The molecule has 0 aliphatic rings. The maximum absolute atomic E-state index is 12.2. The van der Waals surface area contributed by atoms with Crippen molar-refractivity contribution in [3.8, 4) is 17.1 Å². The number of thiazole rings is 1. The van der Waals surface area contributed by atoms with Crippen molar-refractivity contribution in [3.63, 3.8) is 0 Å². The van der Waals surface area contributed by atoms with Gasteiger partial charge in [-0.1, -0.05) is 43.3 Å². The van der Waals surface area contributed by atoms with Crippen LogP contribution in [0.4, 0.5) is 0 Å². The molecule has 1 amide bonds. The monoisotopic (exact) mass is 484 g/mol. The van der Waals surface area contributed by atoms with Gasteiger partial charge in [0.15, 0.2) is 11.0 Å². The molecule has 3 aromatic heterocycles. The number of nitrogens with zero attached hydrogens (tertiary/aromatic N) is 5. The Morgan fingerprint density at radius 3 is 2.88 bits per heavy atom. The third-order valence-electron chi connectivity index (χ3n) is 4.40. The average Bonchev–Trinajstić information content (AvgIpc) is 3.44. The minimum atomic E-state index is -0.146.